The fraction of sp³-hybridized carbons (Fsp3) is 0.429. The van der Waals surface area contributed by atoms with Gasteiger partial charge in [0.2, 0.25) is 0 Å². The van der Waals surface area contributed by atoms with Crippen molar-refractivity contribution in [2.45, 2.75) is 50.7 Å². The van der Waals surface area contributed by atoms with Gasteiger partial charge in [0, 0.05) is 4.91 Å². The number of hydrogen-bond donors (Lipinski definition) is 1. The van der Waals surface area contributed by atoms with E-state index >= 15 is 0 Å². The molecule has 0 saturated carbocycles. The molecule has 148 valence electrons. The highest BCUT2D eigenvalue weighted by Gasteiger charge is 2.44. The van der Waals surface area contributed by atoms with Gasteiger partial charge in [-0.3, -0.25) is 0 Å². The summed E-state index contributed by atoms with van der Waals surface area (Å²) >= 11 is 0. The van der Waals surface area contributed by atoms with Crippen molar-refractivity contribution in [3.05, 3.63) is 82.2 Å². The second-order valence-corrected chi connectivity index (χ2v) is 6.81. The highest BCUT2D eigenvalue weighted by molar-refractivity contribution is 5.14. The van der Waals surface area contributed by atoms with Gasteiger partial charge in [0.05, 0.1) is 32.0 Å². The van der Waals surface area contributed by atoms with Crippen molar-refractivity contribution in [1.82, 2.24) is 0 Å². The van der Waals surface area contributed by atoms with Gasteiger partial charge < -0.3 is 19.3 Å². The van der Waals surface area contributed by atoms with Crippen molar-refractivity contribution in [2.75, 3.05) is 6.54 Å². The molecule has 2 aromatic carbocycles. The van der Waals surface area contributed by atoms with Crippen LogP contribution < -0.4 is 0 Å². The van der Waals surface area contributed by atoms with E-state index in [2.05, 4.69) is 10.0 Å². The number of nitrogens with zero attached hydrogens (tertiary/aromatic N) is 3. The summed E-state index contributed by atoms with van der Waals surface area (Å²) in [4.78, 5) is 2.76. The largest absolute Gasteiger partial charge is 0.388 e. The minimum absolute atomic E-state index is 0.0403. The first-order chi connectivity index (χ1) is 13.7. The minimum atomic E-state index is -0.966. The van der Waals surface area contributed by atoms with E-state index in [4.69, 9.17) is 19.7 Å². The molecule has 7 nitrogen and oxygen atoms in total. The second kappa shape index (κ2) is 10.2. The van der Waals surface area contributed by atoms with E-state index in [1.165, 1.54) is 0 Å². The summed E-state index contributed by atoms with van der Waals surface area (Å²) in [6, 6.07) is 19.6. The van der Waals surface area contributed by atoms with Gasteiger partial charge >= 0.3 is 0 Å². The third-order valence-corrected chi connectivity index (χ3v) is 4.79. The lowest BCUT2D eigenvalue weighted by Crippen LogP contribution is -2.59. The Balaban J connectivity index is 1.72. The van der Waals surface area contributed by atoms with E-state index in [0.717, 1.165) is 11.1 Å². The predicted molar refractivity (Wildman–Crippen MR) is 104 cm³/mol. The van der Waals surface area contributed by atoms with Gasteiger partial charge in [0.25, 0.3) is 0 Å². The Morgan fingerprint density at radius 2 is 1.50 bits per heavy atom. The maximum Gasteiger partial charge on any atom is 0.115 e. The van der Waals surface area contributed by atoms with Crippen molar-refractivity contribution in [3.8, 4) is 0 Å². The number of azide groups is 1. The van der Waals surface area contributed by atoms with Crippen LogP contribution in [0.1, 0.15) is 18.1 Å². The Morgan fingerprint density at radius 1 is 0.964 bits per heavy atom. The average molecular weight is 383 g/mol. The topological polar surface area (TPSA) is 96.7 Å². The van der Waals surface area contributed by atoms with Crippen LogP contribution in [-0.4, -0.2) is 42.2 Å². The summed E-state index contributed by atoms with van der Waals surface area (Å²) in [5, 5.41) is 14.4. The second-order valence-electron chi connectivity index (χ2n) is 6.81. The summed E-state index contributed by atoms with van der Waals surface area (Å²) in [5.74, 6) is 0. The minimum Gasteiger partial charge on any atom is -0.388 e. The average Bonchev–Trinajstić information content (AvgIpc) is 2.73. The fourth-order valence-corrected chi connectivity index (χ4v) is 3.33. The Hall–Kier alpha value is -2.41. The molecule has 0 radical (unpaired) electrons. The van der Waals surface area contributed by atoms with Crippen LogP contribution in [0.4, 0.5) is 0 Å². The van der Waals surface area contributed by atoms with E-state index < -0.39 is 24.4 Å². The highest BCUT2D eigenvalue weighted by Crippen LogP contribution is 2.28. The van der Waals surface area contributed by atoms with Crippen LogP contribution in [0.15, 0.2) is 65.8 Å². The van der Waals surface area contributed by atoms with Gasteiger partial charge in [0.1, 0.15) is 18.3 Å². The van der Waals surface area contributed by atoms with Crippen LogP contribution in [0.5, 0.6) is 0 Å². The van der Waals surface area contributed by atoms with Crippen LogP contribution in [0, 0.1) is 0 Å². The van der Waals surface area contributed by atoms with E-state index in [1.807, 2.05) is 67.6 Å². The number of rotatable bonds is 8. The first kappa shape index (κ1) is 20.3. The molecule has 1 aliphatic rings. The van der Waals surface area contributed by atoms with Gasteiger partial charge in [-0.1, -0.05) is 65.8 Å². The summed E-state index contributed by atoms with van der Waals surface area (Å²) < 4.78 is 18.0. The van der Waals surface area contributed by atoms with Crippen molar-refractivity contribution in [3.63, 3.8) is 0 Å². The van der Waals surface area contributed by atoms with Crippen LogP contribution in [-0.2, 0) is 27.4 Å². The van der Waals surface area contributed by atoms with Gasteiger partial charge in [-0.15, -0.1) is 0 Å². The van der Waals surface area contributed by atoms with Crippen LogP contribution >= 0.6 is 0 Å². The fourth-order valence-electron chi connectivity index (χ4n) is 3.33. The van der Waals surface area contributed by atoms with E-state index in [-0.39, 0.29) is 12.6 Å². The summed E-state index contributed by atoms with van der Waals surface area (Å²) in [7, 11) is 0. The highest BCUT2D eigenvalue weighted by atomic mass is 16.6. The molecular formula is C21H25N3O4. The Morgan fingerprint density at radius 3 is 2.04 bits per heavy atom. The molecule has 0 amide bonds. The molecule has 1 N–H and O–H groups in total. The lowest BCUT2D eigenvalue weighted by atomic mass is 9.95. The number of ether oxygens (including phenoxy) is 3. The molecule has 28 heavy (non-hydrogen) atoms. The molecule has 1 heterocycles. The third-order valence-electron chi connectivity index (χ3n) is 4.79. The maximum absolute atomic E-state index is 10.8. The molecule has 5 atom stereocenters. The molecule has 0 aliphatic carbocycles. The molecule has 0 bridgehead atoms. The van der Waals surface area contributed by atoms with E-state index in [1.54, 1.807) is 0 Å². The monoisotopic (exact) mass is 383 g/mol. The molecule has 1 aliphatic heterocycles. The number of aliphatic hydroxyl groups excluding tert-OH is 1. The predicted octanol–water partition coefficient (Wildman–Crippen LogP) is 3.62. The standard InChI is InChI=1S/C21H25N3O4/c1-15-20(26-13-16-8-4-2-5-9-16)21(19(25)18(28-15)12-23-24-22)27-14-17-10-6-3-7-11-17/h2-11,15,18-21,25H,12-14H2,1H3. The Bertz CT molecular complexity index is 768. The van der Waals surface area contributed by atoms with Gasteiger partial charge in [0.15, 0.2) is 0 Å². The SMILES string of the molecule is CC1OC(CN=[N+]=[N-])C(O)C(OCc2ccccc2)C1OCc1ccccc1. The smallest absolute Gasteiger partial charge is 0.115 e. The number of aliphatic hydroxyl groups is 1. The summed E-state index contributed by atoms with van der Waals surface area (Å²) in [5.41, 5.74) is 10.6. The zero-order chi connectivity index (χ0) is 19.8. The van der Waals surface area contributed by atoms with Gasteiger partial charge in [-0.2, -0.15) is 0 Å². The van der Waals surface area contributed by atoms with Crippen molar-refractivity contribution < 1.29 is 19.3 Å². The third kappa shape index (κ3) is 5.32. The Labute approximate surface area is 164 Å². The molecule has 7 heteroatoms. The van der Waals surface area contributed by atoms with Crippen LogP contribution in [0.3, 0.4) is 0 Å². The van der Waals surface area contributed by atoms with E-state index in [0.29, 0.717) is 13.2 Å². The molecule has 0 spiro atoms. The summed E-state index contributed by atoms with van der Waals surface area (Å²) in [6.07, 6.45) is -2.99. The number of hydrogen-bond acceptors (Lipinski definition) is 5. The van der Waals surface area contributed by atoms with Gasteiger partial charge in [-0.25, -0.2) is 0 Å². The first-order valence-corrected chi connectivity index (χ1v) is 9.34. The lowest BCUT2D eigenvalue weighted by molar-refractivity contribution is -0.245. The molecule has 1 fully saturated rings. The number of benzene rings is 2. The summed E-state index contributed by atoms with van der Waals surface area (Å²) in [6.45, 7) is 2.65. The zero-order valence-corrected chi connectivity index (χ0v) is 15.8. The van der Waals surface area contributed by atoms with Gasteiger partial charge in [-0.05, 0) is 23.6 Å². The van der Waals surface area contributed by atoms with Crippen molar-refractivity contribution >= 4 is 0 Å². The van der Waals surface area contributed by atoms with Crippen LogP contribution in [0.25, 0.3) is 10.4 Å². The molecule has 3 rings (SSSR count). The molecule has 1 saturated heterocycles. The van der Waals surface area contributed by atoms with Crippen LogP contribution in [0.2, 0.25) is 0 Å². The molecule has 0 aromatic heterocycles. The zero-order valence-electron chi connectivity index (χ0n) is 15.8. The maximum atomic E-state index is 10.8. The molecule has 2 aromatic rings. The normalized spacial score (nSPS) is 27.1. The van der Waals surface area contributed by atoms with Crippen molar-refractivity contribution in [2.24, 2.45) is 5.11 Å². The lowest BCUT2D eigenvalue weighted by Gasteiger charge is -2.43. The van der Waals surface area contributed by atoms with E-state index in [9.17, 15) is 5.11 Å². The molecule has 5 unspecified atom stereocenters. The first-order valence-electron chi connectivity index (χ1n) is 9.34. The van der Waals surface area contributed by atoms with Crippen molar-refractivity contribution in [1.29, 1.82) is 0 Å². The Kier molecular flexibility index (Phi) is 7.42. The quantitative estimate of drug-likeness (QED) is 0.428. The molecular weight excluding hydrogens is 358 g/mol.